The molecule has 0 N–H and O–H groups in total. The molecule has 3 nitrogen and oxygen atoms in total. The zero-order valence-corrected chi connectivity index (χ0v) is 8.51. The molecule has 0 aliphatic heterocycles. The third-order valence-electron chi connectivity index (χ3n) is 1.62. The van der Waals surface area contributed by atoms with Crippen molar-refractivity contribution in [2.24, 2.45) is 0 Å². The maximum atomic E-state index is 11.2. The molecular formula is C9H6Cl2O3. The zero-order valence-electron chi connectivity index (χ0n) is 7.00. The summed E-state index contributed by atoms with van der Waals surface area (Å²) in [5.41, 5.74) is 0.766. The molecule has 0 atom stereocenters. The number of rotatable bonds is 4. The van der Waals surface area contributed by atoms with E-state index in [2.05, 4.69) is 4.29 Å². The molecule has 14 heavy (non-hydrogen) atoms. The smallest absolute Gasteiger partial charge is 0.252 e. The summed E-state index contributed by atoms with van der Waals surface area (Å²) in [5.74, 6) is -0.256. The summed E-state index contributed by atoms with van der Waals surface area (Å²) in [6.45, 7) is -0.199. The van der Waals surface area contributed by atoms with Gasteiger partial charge in [0.1, 0.15) is 6.61 Å². The molecule has 0 aliphatic carbocycles. The molecular weight excluding hydrogens is 227 g/mol. The molecule has 0 aliphatic rings. The predicted molar refractivity (Wildman–Crippen MR) is 52.8 cm³/mol. The van der Waals surface area contributed by atoms with Gasteiger partial charge in [-0.3, -0.25) is 13.9 Å². The first-order valence-electron chi connectivity index (χ1n) is 3.72. The molecule has 0 aromatic heterocycles. The van der Waals surface area contributed by atoms with Gasteiger partial charge in [-0.25, -0.2) is 0 Å². The Bertz CT molecular complexity index is 346. The molecule has 0 spiro atoms. The summed E-state index contributed by atoms with van der Waals surface area (Å²) in [6.07, 6.45) is 0. The summed E-state index contributed by atoms with van der Waals surface area (Å²) >= 11 is 10.2. The lowest BCUT2D eigenvalue weighted by molar-refractivity contribution is 0.0928. The summed E-state index contributed by atoms with van der Waals surface area (Å²) < 4.78 is 4.17. The molecule has 5 heteroatoms. The van der Waals surface area contributed by atoms with Crippen LogP contribution in [-0.4, -0.2) is 17.6 Å². The molecule has 0 amide bonds. The number of hydrogen-bond acceptors (Lipinski definition) is 3. The van der Waals surface area contributed by atoms with Gasteiger partial charge in [-0.05, 0) is 23.7 Å². The molecule has 1 aromatic rings. The Hall–Kier alpha value is -0.900. The highest BCUT2D eigenvalue weighted by Gasteiger charge is 2.07. The van der Waals surface area contributed by atoms with Crippen molar-refractivity contribution in [3.63, 3.8) is 0 Å². The summed E-state index contributed by atoms with van der Waals surface area (Å²) in [4.78, 5) is 21.9. The van der Waals surface area contributed by atoms with Gasteiger partial charge in [0.05, 0.1) is 11.9 Å². The Morgan fingerprint density at radius 1 is 1.14 bits per heavy atom. The summed E-state index contributed by atoms with van der Waals surface area (Å²) in [5, 5.41) is -0.558. The van der Waals surface area contributed by atoms with Gasteiger partial charge in [-0.15, -0.1) is 0 Å². The number of halogens is 2. The van der Waals surface area contributed by atoms with Crippen LogP contribution in [0.15, 0.2) is 24.3 Å². The average molecular weight is 233 g/mol. The van der Waals surface area contributed by atoms with E-state index in [-0.39, 0.29) is 12.4 Å². The van der Waals surface area contributed by atoms with Crippen LogP contribution >= 0.6 is 23.5 Å². The Labute approximate surface area is 90.7 Å². The van der Waals surface area contributed by atoms with Crippen LogP contribution in [-0.2, 0) is 4.29 Å². The molecule has 0 radical (unpaired) electrons. The van der Waals surface area contributed by atoms with Gasteiger partial charge in [0.2, 0.25) is 0 Å². The number of benzene rings is 1. The highest BCUT2D eigenvalue weighted by molar-refractivity contribution is 6.67. The van der Waals surface area contributed by atoms with E-state index in [1.807, 2.05) is 0 Å². The predicted octanol–water partition coefficient (Wildman–Crippen LogP) is 2.42. The summed E-state index contributed by atoms with van der Waals surface area (Å²) in [7, 11) is 0. The lowest BCUT2D eigenvalue weighted by Crippen LogP contribution is -2.05. The van der Waals surface area contributed by atoms with E-state index in [1.54, 1.807) is 0 Å². The van der Waals surface area contributed by atoms with E-state index in [0.29, 0.717) is 11.1 Å². The third-order valence-corrected chi connectivity index (χ3v) is 1.95. The Morgan fingerprint density at radius 2 is 1.64 bits per heavy atom. The number of ketones is 1. The van der Waals surface area contributed by atoms with Crippen molar-refractivity contribution in [2.75, 3.05) is 6.61 Å². The van der Waals surface area contributed by atoms with Crippen LogP contribution in [0.3, 0.4) is 0 Å². The SMILES string of the molecule is O=C(Cl)c1ccc(C(=O)COCl)cc1. The average Bonchev–Trinajstić information content (AvgIpc) is 2.18. The van der Waals surface area contributed by atoms with Crippen molar-refractivity contribution in [3.05, 3.63) is 35.4 Å². The normalized spacial score (nSPS) is 9.86. The van der Waals surface area contributed by atoms with Crippen LogP contribution < -0.4 is 0 Å². The number of carbonyl (C=O) groups is 2. The van der Waals surface area contributed by atoms with Gasteiger partial charge >= 0.3 is 0 Å². The van der Waals surface area contributed by atoms with Gasteiger partial charge in [-0.1, -0.05) is 12.1 Å². The second-order valence-corrected chi connectivity index (χ2v) is 3.09. The van der Waals surface area contributed by atoms with Crippen molar-refractivity contribution in [1.82, 2.24) is 0 Å². The van der Waals surface area contributed by atoms with Crippen molar-refractivity contribution in [2.45, 2.75) is 0 Å². The molecule has 1 rings (SSSR count). The third kappa shape index (κ3) is 2.80. The van der Waals surface area contributed by atoms with Crippen molar-refractivity contribution in [1.29, 1.82) is 0 Å². The van der Waals surface area contributed by atoms with Crippen LogP contribution in [0.4, 0.5) is 0 Å². The van der Waals surface area contributed by atoms with Gasteiger partial charge < -0.3 is 0 Å². The number of Topliss-reactive ketones (excluding diaryl/α,β-unsaturated/α-hetero) is 1. The fraction of sp³-hybridized carbons (Fsp3) is 0.111. The lowest BCUT2D eigenvalue weighted by atomic mass is 10.1. The van der Waals surface area contributed by atoms with E-state index in [9.17, 15) is 9.59 Å². The molecule has 0 fully saturated rings. The highest BCUT2D eigenvalue weighted by Crippen LogP contribution is 2.08. The first-order chi connectivity index (χ1) is 6.65. The van der Waals surface area contributed by atoms with Crippen LogP contribution in [0, 0.1) is 0 Å². The molecule has 0 saturated carbocycles. The molecule has 1 aromatic carbocycles. The Kier molecular flexibility index (Phi) is 4.07. The second-order valence-electron chi connectivity index (χ2n) is 2.53. The van der Waals surface area contributed by atoms with Crippen molar-refractivity contribution < 1.29 is 13.9 Å². The standard InChI is InChI=1S/C9H6Cl2O3/c10-9(13)7-3-1-6(2-4-7)8(12)5-14-11/h1-4H,5H2. The van der Waals surface area contributed by atoms with E-state index in [4.69, 9.17) is 23.5 Å². The van der Waals surface area contributed by atoms with Gasteiger partial charge in [-0.2, -0.15) is 0 Å². The summed E-state index contributed by atoms with van der Waals surface area (Å²) in [6, 6.07) is 5.93. The highest BCUT2D eigenvalue weighted by atomic mass is 35.5. The molecule has 0 heterocycles. The van der Waals surface area contributed by atoms with E-state index in [0.717, 1.165) is 0 Å². The minimum Gasteiger partial charge on any atom is -0.291 e. The van der Waals surface area contributed by atoms with Crippen LogP contribution in [0.2, 0.25) is 0 Å². The quantitative estimate of drug-likeness (QED) is 0.592. The zero-order chi connectivity index (χ0) is 10.6. The monoisotopic (exact) mass is 232 g/mol. The van der Waals surface area contributed by atoms with E-state index < -0.39 is 5.24 Å². The first-order valence-corrected chi connectivity index (χ1v) is 4.40. The van der Waals surface area contributed by atoms with Gasteiger partial charge in [0.15, 0.2) is 5.78 Å². The topological polar surface area (TPSA) is 43.4 Å². The molecule has 74 valence electrons. The minimum atomic E-state index is -0.558. The maximum absolute atomic E-state index is 11.2. The van der Waals surface area contributed by atoms with E-state index in [1.165, 1.54) is 24.3 Å². The second kappa shape index (κ2) is 5.10. The largest absolute Gasteiger partial charge is 0.291 e. The molecule has 0 unspecified atom stereocenters. The molecule has 0 bridgehead atoms. The van der Waals surface area contributed by atoms with Crippen molar-refractivity contribution >= 4 is 34.5 Å². The van der Waals surface area contributed by atoms with Crippen molar-refractivity contribution in [3.8, 4) is 0 Å². The maximum Gasteiger partial charge on any atom is 0.252 e. The van der Waals surface area contributed by atoms with E-state index >= 15 is 0 Å². The van der Waals surface area contributed by atoms with Crippen LogP contribution in [0.1, 0.15) is 20.7 Å². The number of hydrogen-bond donors (Lipinski definition) is 0. The van der Waals surface area contributed by atoms with Gasteiger partial charge in [0.25, 0.3) is 5.24 Å². The Morgan fingerprint density at radius 3 is 2.07 bits per heavy atom. The number of carbonyl (C=O) groups excluding carboxylic acids is 2. The minimum absolute atomic E-state index is 0.199. The fourth-order valence-corrected chi connectivity index (χ4v) is 1.15. The van der Waals surface area contributed by atoms with Crippen LogP contribution in [0.25, 0.3) is 0 Å². The lowest BCUT2D eigenvalue weighted by Gasteiger charge is -1.98. The first kappa shape index (κ1) is 11.2. The van der Waals surface area contributed by atoms with Crippen LogP contribution in [0.5, 0.6) is 0 Å². The van der Waals surface area contributed by atoms with Gasteiger partial charge in [0, 0.05) is 11.1 Å². The molecule has 0 saturated heterocycles. The Balaban J connectivity index is 2.83. The fourth-order valence-electron chi connectivity index (χ4n) is 0.920.